The van der Waals surface area contributed by atoms with Gasteiger partial charge >= 0.3 is 0 Å². The van der Waals surface area contributed by atoms with Crippen LogP contribution in [0.2, 0.25) is 0 Å². The summed E-state index contributed by atoms with van der Waals surface area (Å²) in [6.45, 7) is 7.04. The Morgan fingerprint density at radius 3 is 2.00 bits per heavy atom. The van der Waals surface area contributed by atoms with Crippen LogP contribution in [0.25, 0.3) is 0 Å². The van der Waals surface area contributed by atoms with Crippen molar-refractivity contribution < 1.29 is 4.79 Å². The Kier molecular flexibility index (Phi) is 4.50. The van der Waals surface area contributed by atoms with Gasteiger partial charge in [-0.05, 0) is 42.9 Å². The van der Waals surface area contributed by atoms with Gasteiger partial charge in [0.25, 0.3) is 0 Å². The maximum Gasteiger partial charge on any atom is 0.136 e. The molecule has 0 aromatic carbocycles. The zero-order valence-corrected chi connectivity index (χ0v) is 12.5. The van der Waals surface area contributed by atoms with Crippen molar-refractivity contribution in [3.05, 3.63) is 0 Å². The first kappa shape index (κ1) is 14.1. The molecule has 2 saturated carbocycles. The fourth-order valence-electron chi connectivity index (χ4n) is 3.95. The molecule has 0 N–H and O–H groups in total. The third-order valence-electron chi connectivity index (χ3n) is 5.37. The molecule has 0 saturated heterocycles. The molecule has 18 heavy (non-hydrogen) atoms. The molecule has 2 fully saturated rings. The average molecular weight is 250 g/mol. The molecule has 0 unspecified atom stereocenters. The van der Waals surface area contributed by atoms with Crippen LogP contribution >= 0.6 is 0 Å². The zero-order chi connectivity index (χ0) is 13.2. The second kappa shape index (κ2) is 5.75. The van der Waals surface area contributed by atoms with Crippen molar-refractivity contribution in [3.8, 4) is 0 Å². The Morgan fingerprint density at radius 2 is 1.50 bits per heavy atom. The minimum absolute atomic E-state index is 0.407. The average Bonchev–Trinajstić information content (AvgIpc) is 2.81. The molecular weight excluding hydrogens is 220 g/mol. The fourth-order valence-corrected chi connectivity index (χ4v) is 3.95. The molecule has 1 heteroatoms. The minimum Gasteiger partial charge on any atom is -0.299 e. The smallest absolute Gasteiger partial charge is 0.136 e. The van der Waals surface area contributed by atoms with Gasteiger partial charge in [-0.3, -0.25) is 4.79 Å². The third-order valence-corrected chi connectivity index (χ3v) is 5.37. The second-order valence-corrected chi connectivity index (χ2v) is 7.74. The van der Waals surface area contributed by atoms with Crippen molar-refractivity contribution in [2.24, 2.45) is 23.2 Å². The Morgan fingerprint density at radius 1 is 0.944 bits per heavy atom. The van der Waals surface area contributed by atoms with E-state index in [1.807, 2.05) is 0 Å². The lowest BCUT2D eigenvalue weighted by Gasteiger charge is -2.36. The van der Waals surface area contributed by atoms with Crippen molar-refractivity contribution in [1.82, 2.24) is 0 Å². The van der Waals surface area contributed by atoms with Gasteiger partial charge in [-0.15, -0.1) is 0 Å². The Hall–Kier alpha value is -0.330. The van der Waals surface area contributed by atoms with E-state index in [0.29, 0.717) is 17.1 Å². The number of carbonyl (C=O) groups excluding carboxylic acids is 1. The molecule has 0 amide bonds. The number of Topliss-reactive ketones (excluding diaryl/α,β-unsaturated/α-hetero) is 1. The summed E-state index contributed by atoms with van der Waals surface area (Å²) in [6.07, 6.45) is 11.1. The molecule has 0 bridgehead atoms. The van der Waals surface area contributed by atoms with Crippen LogP contribution in [0.3, 0.4) is 0 Å². The number of rotatable bonds is 3. The summed E-state index contributed by atoms with van der Waals surface area (Å²) in [5.74, 6) is 2.56. The number of hydrogen-bond acceptors (Lipinski definition) is 1. The van der Waals surface area contributed by atoms with Gasteiger partial charge in [-0.2, -0.15) is 0 Å². The highest BCUT2D eigenvalue weighted by molar-refractivity contribution is 5.81. The quantitative estimate of drug-likeness (QED) is 0.689. The predicted molar refractivity (Wildman–Crippen MR) is 76.5 cm³/mol. The van der Waals surface area contributed by atoms with Gasteiger partial charge in [0.1, 0.15) is 5.78 Å². The van der Waals surface area contributed by atoms with Gasteiger partial charge in [0, 0.05) is 12.3 Å². The molecule has 0 heterocycles. The highest BCUT2D eigenvalue weighted by atomic mass is 16.1. The standard InChI is InChI=1S/C17H30O/c1-17(2,3)15-10-8-14(9-11-15)16(18)12-13-6-4-5-7-13/h13-15H,4-12H2,1-3H3. The Bertz CT molecular complexity index is 272. The zero-order valence-electron chi connectivity index (χ0n) is 12.5. The van der Waals surface area contributed by atoms with Crippen LogP contribution in [0.15, 0.2) is 0 Å². The van der Waals surface area contributed by atoms with E-state index < -0.39 is 0 Å². The van der Waals surface area contributed by atoms with Gasteiger partial charge in [0.2, 0.25) is 0 Å². The maximum absolute atomic E-state index is 12.3. The van der Waals surface area contributed by atoms with E-state index in [-0.39, 0.29) is 0 Å². The van der Waals surface area contributed by atoms with Gasteiger partial charge < -0.3 is 0 Å². The van der Waals surface area contributed by atoms with E-state index in [1.54, 1.807) is 0 Å². The molecule has 0 atom stereocenters. The highest BCUT2D eigenvalue weighted by Crippen LogP contribution is 2.41. The molecule has 0 aromatic heterocycles. The summed E-state index contributed by atoms with van der Waals surface area (Å²) in [5, 5.41) is 0. The normalized spacial score (nSPS) is 30.6. The van der Waals surface area contributed by atoms with Crippen LogP contribution in [0.4, 0.5) is 0 Å². The van der Waals surface area contributed by atoms with Crippen molar-refractivity contribution >= 4 is 5.78 Å². The first-order chi connectivity index (χ1) is 8.47. The number of hydrogen-bond donors (Lipinski definition) is 0. The summed E-state index contributed by atoms with van der Waals surface area (Å²) < 4.78 is 0. The molecular formula is C17H30O. The van der Waals surface area contributed by atoms with Gasteiger partial charge in [-0.1, -0.05) is 46.5 Å². The van der Waals surface area contributed by atoms with E-state index >= 15 is 0 Å². The van der Waals surface area contributed by atoms with E-state index in [9.17, 15) is 4.79 Å². The van der Waals surface area contributed by atoms with Gasteiger partial charge in [-0.25, -0.2) is 0 Å². The third kappa shape index (κ3) is 3.59. The molecule has 1 nitrogen and oxygen atoms in total. The fraction of sp³-hybridized carbons (Fsp3) is 0.941. The minimum atomic E-state index is 0.407. The summed E-state index contributed by atoms with van der Waals surface area (Å²) in [7, 11) is 0. The Balaban J connectivity index is 1.76. The Labute approximate surface area is 113 Å². The maximum atomic E-state index is 12.3. The summed E-state index contributed by atoms with van der Waals surface area (Å²) in [6, 6.07) is 0. The van der Waals surface area contributed by atoms with Crippen molar-refractivity contribution in [3.63, 3.8) is 0 Å². The van der Waals surface area contributed by atoms with Crippen molar-refractivity contribution in [1.29, 1.82) is 0 Å². The largest absolute Gasteiger partial charge is 0.299 e. The van der Waals surface area contributed by atoms with Crippen LogP contribution in [0, 0.1) is 23.2 Å². The molecule has 0 aromatic rings. The topological polar surface area (TPSA) is 17.1 Å². The lowest BCUT2D eigenvalue weighted by molar-refractivity contribution is -0.125. The summed E-state index contributed by atoms with van der Waals surface area (Å²) in [4.78, 5) is 12.3. The van der Waals surface area contributed by atoms with Crippen LogP contribution in [-0.4, -0.2) is 5.78 Å². The molecule has 0 aliphatic heterocycles. The van der Waals surface area contributed by atoms with E-state index in [1.165, 1.54) is 38.5 Å². The molecule has 0 radical (unpaired) electrons. The van der Waals surface area contributed by atoms with E-state index in [0.717, 1.165) is 31.1 Å². The predicted octanol–water partition coefficient (Wildman–Crippen LogP) is 4.99. The van der Waals surface area contributed by atoms with Crippen LogP contribution < -0.4 is 0 Å². The van der Waals surface area contributed by atoms with E-state index in [4.69, 9.17) is 0 Å². The number of ketones is 1. The molecule has 2 aliphatic carbocycles. The van der Waals surface area contributed by atoms with Crippen LogP contribution in [0.1, 0.15) is 78.6 Å². The molecule has 2 rings (SSSR count). The van der Waals surface area contributed by atoms with Crippen molar-refractivity contribution in [2.45, 2.75) is 78.6 Å². The van der Waals surface area contributed by atoms with Crippen LogP contribution in [0.5, 0.6) is 0 Å². The highest BCUT2D eigenvalue weighted by Gasteiger charge is 2.33. The summed E-state index contributed by atoms with van der Waals surface area (Å²) in [5.41, 5.74) is 0.430. The second-order valence-electron chi connectivity index (χ2n) is 7.74. The first-order valence-electron chi connectivity index (χ1n) is 7.99. The lowest BCUT2D eigenvalue weighted by Crippen LogP contribution is -2.29. The molecule has 0 spiro atoms. The van der Waals surface area contributed by atoms with Crippen molar-refractivity contribution in [2.75, 3.05) is 0 Å². The lowest BCUT2D eigenvalue weighted by atomic mass is 9.68. The first-order valence-corrected chi connectivity index (χ1v) is 7.99. The van der Waals surface area contributed by atoms with Crippen LogP contribution in [-0.2, 0) is 4.79 Å². The van der Waals surface area contributed by atoms with Gasteiger partial charge in [0.05, 0.1) is 0 Å². The van der Waals surface area contributed by atoms with Gasteiger partial charge in [0.15, 0.2) is 0 Å². The van der Waals surface area contributed by atoms with E-state index in [2.05, 4.69) is 20.8 Å². The number of carbonyl (C=O) groups is 1. The summed E-state index contributed by atoms with van der Waals surface area (Å²) >= 11 is 0. The SMILES string of the molecule is CC(C)(C)C1CCC(C(=O)CC2CCCC2)CC1. The molecule has 104 valence electrons. The monoisotopic (exact) mass is 250 g/mol. The molecule has 2 aliphatic rings.